The van der Waals surface area contributed by atoms with Crippen molar-refractivity contribution in [2.24, 2.45) is 0 Å². The zero-order valence-corrected chi connectivity index (χ0v) is 22.0. The van der Waals surface area contributed by atoms with Crippen molar-refractivity contribution in [3.8, 4) is 45.3 Å². The van der Waals surface area contributed by atoms with Crippen molar-refractivity contribution in [1.29, 1.82) is 0 Å². The lowest BCUT2D eigenvalue weighted by Crippen LogP contribution is -2.00. The molecular weight excluding hydrogens is 502 g/mol. The van der Waals surface area contributed by atoms with Gasteiger partial charge in [-0.15, -0.1) is 0 Å². The fraction of sp³-hybridized carbons (Fsp3) is 0. The SMILES string of the molecule is c1ccc(-c2nc(-c3cc(-c4ccccc4)c4c(c3)oc3ccccc34)nc(-c3cccc4ccccc34)n2)cc1. The number of furan rings is 1. The van der Waals surface area contributed by atoms with Gasteiger partial charge in [0, 0.05) is 27.5 Å². The van der Waals surface area contributed by atoms with Gasteiger partial charge in [-0.05, 0) is 40.1 Å². The van der Waals surface area contributed by atoms with Crippen LogP contribution in [0.4, 0.5) is 0 Å². The Balaban J connectivity index is 1.42. The molecule has 0 unspecified atom stereocenters. The quantitative estimate of drug-likeness (QED) is 0.230. The van der Waals surface area contributed by atoms with Crippen molar-refractivity contribution in [2.75, 3.05) is 0 Å². The molecule has 8 aromatic rings. The van der Waals surface area contributed by atoms with Crippen molar-refractivity contribution < 1.29 is 4.42 Å². The number of nitrogens with zero attached hydrogens (tertiary/aromatic N) is 3. The summed E-state index contributed by atoms with van der Waals surface area (Å²) in [5.74, 6) is 1.86. The highest BCUT2D eigenvalue weighted by atomic mass is 16.3. The molecule has 0 aliphatic carbocycles. The van der Waals surface area contributed by atoms with E-state index in [4.69, 9.17) is 19.4 Å². The van der Waals surface area contributed by atoms with Crippen LogP contribution in [0.2, 0.25) is 0 Å². The van der Waals surface area contributed by atoms with Gasteiger partial charge in [0.2, 0.25) is 0 Å². The molecule has 0 fully saturated rings. The van der Waals surface area contributed by atoms with Gasteiger partial charge >= 0.3 is 0 Å². The van der Waals surface area contributed by atoms with Gasteiger partial charge in [0.1, 0.15) is 11.2 Å². The van der Waals surface area contributed by atoms with E-state index >= 15 is 0 Å². The molecule has 0 spiro atoms. The Morgan fingerprint density at radius 2 is 1.00 bits per heavy atom. The monoisotopic (exact) mass is 525 g/mol. The second-order valence-corrected chi connectivity index (χ2v) is 10.1. The van der Waals surface area contributed by atoms with Crippen LogP contribution in [0.3, 0.4) is 0 Å². The molecule has 0 saturated heterocycles. The van der Waals surface area contributed by atoms with Gasteiger partial charge in [-0.25, -0.2) is 15.0 Å². The number of benzene rings is 6. The summed E-state index contributed by atoms with van der Waals surface area (Å²) in [6.45, 7) is 0. The number of aromatic nitrogens is 3. The zero-order chi connectivity index (χ0) is 27.2. The van der Waals surface area contributed by atoms with Gasteiger partial charge in [0.25, 0.3) is 0 Å². The summed E-state index contributed by atoms with van der Waals surface area (Å²) in [4.78, 5) is 15.1. The standard InChI is InChI=1S/C37H23N3O/c1-3-12-25(13-4-1)31-22-27(23-33-34(31)30-19-9-10-21-32(30)41-33)36-38-35(26-15-5-2-6-16-26)39-37(40-36)29-20-11-17-24-14-7-8-18-28(24)29/h1-23H. The molecule has 8 rings (SSSR count). The van der Waals surface area contributed by atoms with Crippen LogP contribution in [-0.2, 0) is 0 Å². The summed E-state index contributed by atoms with van der Waals surface area (Å²) in [5.41, 5.74) is 6.62. The third-order valence-corrected chi connectivity index (χ3v) is 7.52. The Morgan fingerprint density at radius 3 is 1.80 bits per heavy atom. The molecule has 2 heterocycles. The first kappa shape index (κ1) is 23.3. The van der Waals surface area contributed by atoms with Crippen LogP contribution in [0, 0.1) is 0 Å². The zero-order valence-electron chi connectivity index (χ0n) is 22.0. The molecule has 0 amide bonds. The lowest BCUT2D eigenvalue weighted by molar-refractivity contribution is 0.669. The Morgan fingerprint density at radius 1 is 0.390 bits per heavy atom. The number of rotatable bonds is 4. The number of hydrogen-bond acceptors (Lipinski definition) is 4. The van der Waals surface area contributed by atoms with E-state index < -0.39 is 0 Å². The van der Waals surface area contributed by atoms with Crippen molar-refractivity contribution in [1.82, 2.24) is 15.0 Å². The van der Waals surface area contributed by atoms with Gasteiger partial charge < -0.3 is 4.42 Å². The topological polar surface area (TPSA) is 51.8 Å². The van der Waals surface area contributed by atoms with Crippen LogP contribution >= 0.6 is 0 Å². The van der Waals surface area contributed by atoms with Gasteiger partial charge in [0.05, 0.1) is 0 Å². The molecule has 4 nitrogen and oxygen atoms in total. The summed E-state index contributed by atoms with van der Waals surface area (Å²) in [7, 11) is 0. The predicted octanol–water partition coefficient (Wildman–Crippen LogP) is 9.59. The molecule has 0 aliphatic rings. The highest BCUT2D eigenvalue weighted by Gasteiger charge is 2.18. The molecule has 0 N–H and O–H groups in total. The molecule has 41 heavy (non-hydrogen) atoms. The first-order valence-electron chi connectivity index (χ1n) is 13.6. The maximum absolute atomic E-state index is 6.39. The van der Waals surface area contributed by atoms with E-state index in [0.717, 1.165) is 60.5 Å². The highest BCUT2D eigenvalue weighted by molar-refractivity contribution is 6.13. The molecule has 6 aromatic carbocycles. The van der Waals surface area contributed by atoms with Crippen LogP contribution in [-0.4, -0.2) is 15.0 Å². The fourth-order valence-corrected chi connectivity index (χ4v) is 5.59. The van der Waals surface area contributed by atoms with E-state index in [1.807, 2.05) is 60.7 Å². The van der Waals surface area contributed by atoms with Crippen molar-refractivity contribution in [2.45, 2.75) is 0 Å². The van der Waals surface area contributed by atoms with E-state index in [0.29, 0.717) is 17.5 Å². The van der Waals surface area contributed by atoms with Crippen LogP contribution in [0.1, 0.15) is 0 Å². The van der Waals surface area contributed by atoms with E-state index in [1.54, 1.807) is 0 Å². The van der Waals surface area contributed by atoms with E-state index in [-0.39, 0.29) is 0 Å². The molecule has 0 bridgehead atoms. The maximum atomic E-state index is 6.39. The van der Waals surface area contributed by atoms with E-state index in [9.17, 15) is 0 Å². The Kier molecular flexibility index (Phi) is 5.42. The summed E-state index contributed by atoms with van der Waals surface area (Å²) >= 11 is 0. The van der Waals surface area contributed by atoms with E-state index in [2.05, 4.69) is 78.9 Å². The molecule has 0 radical (unpaired) electrons. The fourth-order valence-electron chi connectivity index (χ4n) is 5.59. The number of fused-ring (bicyclic) bond motifs is 4. The van der Waals surface area contributed by atoms with Gasteiger partial charge in [-0.2, -0.15) is 0 Å². The second-order valence-electron chi connectivity index (χ2n) is 10.1. The summed E-state index contributed by atoms with van der Waals surface area (Å²) in [6.07, 6.45) is 0. The minimum Gasteiger partial charge on any atom is -0.456 e. The Bertz CT molecular complexity index is 2200. The molecular formula is C37H23N3O. The average Bonchev–Trinajstić information content (AvgIpc) is 3.43. The average molecular weight is 526 g/mol. The summed E-state index contributed by atoms with van der Waals surface area (Å²) in [5, 5.41) is 4.42. The van der Waals surface area contributed by atoms with Gasteiger partial charge in [-0.3, -0.25) is 0 Å². The number of hydrogen-bond donors (Lipinski definition) is 0. The lowest BCUT2D eigenvalue weighted by atomic mass is 9.96. The predicted molar refractivity (Wildman–Crippen MR) is 166 cm³/mol. The van der Waals surface area contributed by atoms with Gasteiger partial charge in [-0.1, -0.05) is 121 Å². The molecule has 4 heteroatoms. The van der Waals surface area contributed by atoms with Crippen molar-refractivity contribution >= 4 is 32.7 Å². The smallest absolute Gasteiger partial charge is 0.164 e. The minimum absolute atomic E-state index is 0.598. The molecule has 0 saturated carbocycles. The third kappa shape index (κ3) is 4.05. The third-order valence-electron chi connectivity index (χ3n) is 7.52. The van der Waals surface area contributed by atoms with Gasteiger partial charge in [0.15, 0.2) is 17.5 Å². The summed E-state index contributed by atoms with van der Waals surface area (Å²) in [6, 6.07) is 47.5. The maximum Gasteiger partial charge on any atom is 0.164 e. The van der Waals surface area contributed by atoms with Crippen molar-refractivity contribution in [3.05, 3.63) is 140 Å². The Labute approximate surface area is 236 Å². The van der Waals surface area contributed by atoms with Crippen LogP contribution in [0.25, 0.3) is 78.0 Å². The lowest BCUT2D eigenvalue weighted by Gasteiger charge is -2.12. The van der Waals surface area contributed by atoms with Crippen LogP contribution in [0.5, 0.6) is 0 Å². The Hall–Kier alpha value is -5.61. The second kappa shape index (κ2) is 9.54. The summed E-state index contributed by atoms with van der Waals surface area (Å²) < 4.78 is 6.39. The van der Waals surface area contributed by atoms with E-state index in [1.165, 1.54) is 0 Å². The minimum atomic E-state index is 0.598. The molecule has 0 aliphatic heterocycles. The normalized spacial score (nSPS) is 11.4. The first-order valence-corrected chi connectivity index (χ1v) is 13.6. The molecule has 2 aromatic heterocycles. The largest absolute Gasteiger partial charge is 0.456 e. The molecule has 0 atom stereocenters. The van der Waals surface area contributed by atoms with Crippen molar-refractivity contribution in [3.63, 3.8) is 0 Å². The first-order chi connectivity index (χ1) is 20.3. The highest BCUT2D eigenvalue weighted by Crippen LogP contribution is 2.40. The number of para-hydroxylation sites is 1. The van der Waals surface area contributed by atoms with Crippen LogP contribution in [0.15, 0.2) is 144 Å². The van der Waals surface area contributed by atoms with Crippen LogP contribution < -0.4 is 0 Å². The molecule has 192 valence electrons.